The summed E-state index contributed by atoms with van der Waals surface area (Å²) in [6.45, 7) is 0.796. The highest BCUT2D eigenvalue weighted by atomic mass is 16.1. The summed E-state index contributed by atoms with van der Waals surface area (Å²) in [4.78, 5) is 11.7. The summed E-state index contributed by atoms with van der Waals surface area (Å²) in [5.74, 6) is 0.692. The molecule has 0 unspecified atom stereocenters. The Morgan fingerprint density at radius 3 is 2.71 bits per heavy atom. The quantitative estimate of drug-likeness (QED) is 0.879. The molecule has 0 heterocycles. The second kappa shape index (κ2) is 6.00. The maximum absolute atomic E-state index is 11.7. The Hall–Kier alpha value is -2.29. The molecule has 2 aromatic carbocycles. The summed E-state index contributed by atoms with van der Waals surface area (Å²) in [7, 11) is 1.65. The molecule has 0 bridgehead atoms. The van der Waals surface area contributed by atoms with Gasteiger partial charge in [-0.15, -0.1) is 0 Å². The average Bonchev–Trinajstić information content (AvgIpc) is 3.37. The molecule has 2 aromatic rings. The summed E-state index contributed by atoms with van der Waals surface area (Å²) in [5.41, 5.74) is 4.47. The minimum absolute atomic E-state index is 0.0583. The molecule has 0 aliphatic heterocycles. The second-order valence-corrected chi connectivity index (χ2v) is 5.49. The Morgan fingerprint density at radius 2 is 1.95 bits per heavy atom. The van der Waals surface area contributed by atoms with E-state index < -0.39 is 0 Å². The van der Waals surface area contributed by atoms with E-state index >= 15 is 0 Å². The predicted molar refractivity (Wildman–Crippen MR) is 85.6 cm³/mol. The number of benzene rings is 2. The lowest BCUT2D eigenvalue weighted by atomic mass is 10.0. The van der Waals surface area contributed by atoms with E-state index in [1.54, 1.807) is 7.05 Å². The normalized spacial score (nSPS) is 13.8. The molecular weight excluding hydrogens is 260 g/mol. The van der Waals surface area contributed by atoms with E-state index in [0.717, 1.165) is 18.2 Å². The van der Waals surface area contributed by atoms with Crippen LogP contribution in [0.2, 0.25) is 0 Å². The van der Waals surface area contributed by atoms with E-state index in [4.69, 9.17) is 0 Å². The Morgan fingerprint density at radius 1 is 1.14 bits per heavy atom. The summed E-state index contributed by atoms with van der Waals surface area (Å²) in [6, 6.07) is 16.2. The van der Waals surface area contributed by atoms with Crippen molar-refractivity contribution >= 4 is 11.6 Å². The van der Waals surface area contributed by atoms with Gasteiger partial charge < -0.3 is 10.6 Å². The first-order valence-corrected chi connectivity index (χ1v) is 7.42. The van der Waals surface area contributed by atoms with E-state index in [0.29, 0.717) is 5.56 Å². The van der Waals surface area contributed by atoms with Gasteiger partial charge in [0, 0.05) is 24.8 Å². The van der Waals surface area contributed by atoms with Crippen molar-refractivity contribution in [3.05, 3.63) is 65.2 Å². The zero-order chi connectivity index (χ0) is 14.7. The first kappa shape index (κ1) is 13.7. The van der Waals surface area contributed by atoms with Crippen LogP contribution < -0.4 is 10.6 Å². The molecule has 108 valence electrons. The van der Waals surface area contributed by atoms with Gasteiger partial charge in [-0.2, -0.15) is 0 Å². The number of anilines is 1. The zero-order valence-corrected chi connectivity index (χ0v) is 12.2. The number of amides is 1. The molecule has 1 aliphatic carbocycles. The van der Waals surface area contributed by atoms with Gasteiger partial charge in [0.2, 0.25) is 0 Å². The number of carbonyl (C=O) groups excluding carboxylic acids is 1. The SMILES string of the molecule is CNC(=O)c1cccc(NCc2ccccc2C2CC2)c1. The van der Waals surface area contributed by atoms with Crippen LogP contribution in [0.5, 0.6) is 0 Å². The largest absolute Gasteiger partial charge is 0.381 e. The molecule has 3 heteroatoms. The van der Waals surface area contributed by atoms with Crippen LogP contribution in [0.4, 0.5) is 5.69 Å². The smallest absolute Gasteiger partial charge is 0.251 e. The third kappa shape index (κ3) is 3.24. The first-order chi connectivity index (χ1) is 10.3. The highest BCUT2D eigenvalue weighted by Gasteiger charge is 2.25. The number of hydrogen-bond acceptors (Lipinski definition) is 2. The summed E-state index contributed by atoms with van der Waals surface area (Å²) >= 11 is 0. The van der Waals surface area contributed by atoms with Gasteiger partial charge in [-0.05, 0) is 48.1 Å². The van der Waals surface area contributed by atoms with Crippen LogP contribution in [0.3, 0.4) is 0 Å². The predicted octanol–water partition coefficient (Wildman–Crippen LogP) is 3.54. The highest BCUT2D eigenvalue weighted by molar-refractivity contribution is 5.94. The third-order valence-electron chi connectivity index (χ3n) is 3.91. The molecule has 0 aromatic heterocycles. The molecule has 1 aliphatic rings. The van der Waals surface area contributed by atoms with Crippen molar-refractivity contribution in [3.8, 4) is 0 Å². The molecule has 3 rings (SSSR count). The van der Waals surface area contributed by atoms with Gasteiger partial charge in [-0.3, -0.25) is 4.79 Å². The Bertz CT molecular complexity index is 647. The van der Waals surface area contributed by atoms with Crippen LogP contribution in [-0.4, -0.2) is 13.0 Å². The minimum Gasteiger partial charge on any atom is -0.381 e. The lowest BCUT2D eigenvalue weighted by Crippen LogP contribution is -2.17. The van der Waals surface area contributed by atoms with Crippen molar-refractivity contribution in [2.45, 2.75) is 25.3 Å². The lowest BCUT2D eigenvalue weighted by Gasteiger charge is -2.11. The van der Waals surface area contributed by atoms with Crippen molar-refractivity contribution in [1.82, 2.24) is 5.32 Å². The van der Waals surface area contributed by atoms with Crippen LogP contribution in [0.25, 0.3) is 0 Å². The molecular formula is C18H20N2O. The molecule has 1 saturated carbocycles. The number of rotatable bonds is 5. The molecule has 3 nitrogen and oxygen atoms in total. The Labute approximate surface area is 125 Å². The topological polar surface area (TPSA) is 41.1 Å². The fourth-order valence-corrected chi connectivity index (χ4v) is 2.60. The van der Waals surface area contributed by atoms with E-state index in [2.05, 4.69) is 34.9 Å². The standard InChI is InChI=1S/C18H20N2O/c1-19-18(21)14-6-4-7-16(11-14)20-12-15-5-2-3-8-17(15)13-9-10-13/h2-8,11,13,20H,9-10,12H2,1H3,(H,19,21). The van der Waals surface area contributed by atoms with E-state index in [1.165, 1.54) is 24.0 Å². The molecule has 0 spiro atoms. The maximum Gasteiger partial charge on any atom is 0.251 e. The molecule has 1 fully saturated rings. The molecule has 0 atom stereocenters. The van der Waals surface area contributed by atoms with Gasteiger partial charge in [-0.25, -0.2) is 0 Å². The second-order valence-electron chi connectivity index (χ2n) is 5.49. The van der Waals surface area contributed by atoms with E-state index in [1.807, 2.05) is 24.3 Å². The number of hydrogen-bond donors (Lipinski definition) is 2. The first-order valence-electron chi connectivity index (χ1n) is 7.42. The van der Waals surface area contributed by atoms with Crippen molar-refractivity contribution in [1.29, 1.82) is 0 Å². The molecule has 2 N–H and O–H groups in total. The average molecular weight is 280 g/mol. The van der Waals surface area contributed by atoms with Crippen LogP contribution in [0.1, 0.15) is 40.2 Å². The van der Waals surface area contributed by atoms with Gasteiger partial charge in [0.1, 0.15) is 0 Å². The van der Waals surface area contributed by atoms with E-state index in [-0.39, 0.29) is 5.91 Å². The zero-order valence-electron chi connectivity index (χ0n) is 12.2. The van der Waals surface area contributed by atoms with Crippen LogP contribution in [-0.2, 0) is 6.54 Å². The van der Waals surface area contributed by atoms with Crippen molar-refractivity contribution < 1.29 is 4.79 Å². The van der Waals surface area contributed by atoms with Crippen LogP contribution in [0, 0.1) is 0 Å². The van der Waals surface area contributed by atoms with Crippen LogP contribution >= 0.6 is 0 Å². The fraction of sp³-hybridized carbons (Fsp3) is 0.278. The molecule has 0 radical (unpaired) electrons. The van der Waals surface area contributed by atoms with Gasteiger partial charge in [0.05, 0.1) is 0 Å². The van der Waals surface area contributed by atoms with Gasteiger partial charge >= 0.3 is 0 Å². The summed E-state index contributed by atoms with van der Waals surface area (Å²) in [5, 5.41) is 6.07. The van der Waals surface area contributed by atoms with Gasteiger partial charge in [0.15, 0.2) is 0 Å². The van der Waals surface area contributed by atoms with Crippen molar-refractivity contribution in [2.75, 3.05) is 12.4 Å². The maximum atomic E-state index is 11.7. The fourth-order valence-electron chi connectivity index (χ4n) is 2.60. The third-order valence-corrected chi connectivity index (χ3v) is 3.91. The molecule has 21 heavy (non-hydrogen) atoms. The van der Waals surface area contributed by atoms with Gasteiger partial charge in [-0.1, -0.05) is 30.3 Å². The summed E-state index contributed by atoms with van der Waals surface area (Å²) < 4.78 is 0. The number of carbonyl (C=O) groups is 1. The van der Waals surface area contributed by atoms with E-state index in [9.17, 15) is 4.79 Å². The van der Waals surface area contributed by atoms with Gasteiger partial charge in [0.25, 0.3) is 5.91 Å². The Kier molecular flexibility index (Phi) is 3.91. The highest BCUT2D eigenvalue weighted by Crippen LogP contribution is 2.41. The molecule has 1 amide bonds. The number of nitrogens with one attached hydrogen (secondary N) is 2. The minimum atomic E-state index is -0.0583. The Balaban J connectivity index is 1.72. The van der Waals surface area contributed by atoms with Crippen LogP contribution in [0.15, 0.2) is 48.5 Å². The van der Waals surface area contributed by atoms with Crippen molar-refractivity contribution in [3.63, 3.8) is 0 Å². The van der Waals surface area contributed by atoms with Crippen molar-refractivity contribution in [2.24, 2.45) is 0 Å². The molecule has 0 saturated heterocycles. The monoisotopic (exact) mass is 280 g/mol. The summed E-state index contributed by atoms with van der Waals surface area (Å²) in [6.07, 6.45) is 2.62. The lowest BCUT2D eigenvalue weighted by molar-refractivity contribution is 0.0963.